The van der Waals surface area contributed by atoms with Crippen molar-refractivity contribution >= 4 is 22.5 Å². The van der Waals surface area contributed by atoms with E-state index >= 15 is 0 Å². The van der Waals surface area contributed by atoms with E-state index in [2.05, 4.69) is 9.88 Å². The Morgan fingerprint density at radius 1 is 1.00 bits per heavy atom. The van der Waals surface area contributed by atoms with E-state index in [4.69, 9.17) is 0 Å². The van der Waals surface area contributed by atoms with Crippen LogP contribution in [0.25, 0.3) is 10.9 Å². The van der Waals surface area contributed by atoms with Crippen molar-refractivity contribution in [3.05, 3.63) is 76.6 Å². The number of carbonyl (C=O) groups is 1. The summed E-state index contributed by atoms with van der Waals surface area (Å²) in [6, 6.07) is 19.5. The van der Waals surface area contributed by atoms with Crippen molar-refractivity contribution in [1.82, 2.24) is 9.88 Å². The van der Waals surface area contributed by atoms with Gasteiger partial charge in [0.15, 0.2) is 5.43 Å². The Morgan fingerprint density at radius 2 is 1.79 bits per heavy atom. The SMILES string of the molecule is O=C1N(c2ccccc2)C[C@@H]2C[C@@H](c3cc(=O)c4ccccc4[nH]3)N3CCC[C@@]123. The van der Waals surface area contributed by atoms with E-state index in [9.17, 15) is 9.59 Å². The molecule has 29 heavy (non-hydrogen) atoms. The van der Waals surface area contributed by atoms with Crippen LogP contribution in [0.15, 0.2) is 65.5 Å². The molecule has 0 unspecified atom stereocenters. The minimum atomic E-state index is -0.414. The van der Waals surface area contributed by atoms with Gasteiger partial charge in [0.1, 0.15) is 5.54 Å². The highest BCUT2D eigenvalue weighted by molar-refractivity contribution is 6.03. The van der Waals surface area contributed by atoms with E-state index in [0.717, 1.165) is 54.6 Å². The number of hydrogen-bond donors (Lipinski definition) is 1. The molecular formula is C24H23N3O2. The molecule has 4 heterocycles. The number of amides is 1. The van der Waals surface area contributed by atoms with E-state index in [1.165, 1.54) is 0 Å². The number of pyridine rings is 1. The predicted octanol–water partition coefficient (Wildman–Crippen LogP) is 3.47. The summed E-state index contributed by atoms with van der Waals surface area (Å²) in [6.07, 6.45) is 2.84. The molecule has 5 nitrogen and oxygen atoms in total. The largest absolute Gasteiger partial charge is 0.357 e. The summed E-state index contributed by atoms with van der Waals surface area (Å²) in [4.78, 5) is 34.2. The predicted molar refractivity (Wildman–Crippen MR) is 113 cm³/mol. The molecule has 3 aliphatic rings. The zero-order chi connectivity index (χ0) is 19.6. The van der Waals surface area contributed by atoms with E-state index < -0.39 is 5.54 Å². The molecule has 5 heteroatoms. The van der Waals surface area contributed by atoms with Gasteiger partial charge in [-0.25, -0.2) is 0 Å². The van der Waals surface area contributed by atoms with Crippen molar-refractivity contribution in [2.24, 2.45) is 5.92 Å². The van der Waals surface area contributed by atoms with Crippen molar-refractivity contribution in [3.63, 3.8) is 0 Å². The van der Waals surface area contributed by atoms with E-state index in [1.54, 1.807) is 6.07 Å². The van der Waals surface area contributed by atoms with Crippen LogP contribution in [0.3, 0.4) is 0 Å². The molecule has 1 aromatic heterocycles. The Morgan fingerprint density at radius 3 is 2.66 bits per heavy atom. The second-order valence-corrected chi connectivity index (χ2v) is 8.56. The molecule has 6 rings (SSSR count). The molecular weight excluding hydrogens is 362 g/mol. The molecule has 0 radical (unpaired) electrons. The minimum Gasteiger partial charge on any atom is -0.357 e. The molecule has 3 fully saturated rings. The maximum atomic E-state index is 13.7. The third-order valence-electron chi connectivity index (χ3n) is 7.23. The van der Waals surface area contributed by atoms with Crippen LogP contribution < -0.4 is 10.3 Å². The van der Waals surface area contributed by atoms with Crippen LogP contribution in [0.1, 0.15) is 31.0 Å². The molecule has 3 aliphatic heterocycles. The van der Waals surface area contributed by atoms with Crippen molar-refractivity contribution in [2.75, 3.05) is 18.0 Å². The van der Waals surface area contributed by atoms with E-state index in [0.29, 0.717) is 0 Å². The Labute approximate surface area is 168 Å². The summed E-state index contributed by atoms with van der Waals surface area (Å²) >= 11 is 0. The topological polar surface area (TPSA) is 56.4 Å². The number of para-hydroxylation sites is 2. The molecule has 0 aliphatic carbocycles. The second kappa shape index (κ2) is 6.04. The number of nitrogens with zero attached hydrogens (tertiary/aromatic N) is 2. The van der Waals surface area contributed by atoms with E-state index in [1.807, 2.05) is 59.5 Å². The Bertz CT molecular complexity index is 1170. The van der Waals surface area contributed by atoms with Gasteiger partial charge in [-0.1, -0.05) is 30.3 Å². The lowest BCUT2D eigenvalue weighted by molar-refractivity contribution is -0.126. The molecule has 1 amide bonds. The molecule has 3 aromatic rings. The van der Waals surface area contributed by atoms with Crippen LogP contribution in [0.2, 0.25) is 0 Å². The van der Waals surface area contributed by atoms with Gasteiger partial charge in [-0.05, 0) is 50.1 Å². The third-order valence-corrected chi connectivity index (χ3v) is 7.23. The molecule has 2 aromatic carbocycles. The lowest BCUT2D eigenvalue weighted by atomic mass is 9.85. The van der Waals surface area contributed by atoms with Gasteiger partial charge in [0, 0.05) is 40.8 Å². The van der Waals surface area contributed by atoms with Crippen molar-refractivity contribution in [3.8, 4) is 0 Å². The zero-order valence-electron chi connectivity index (χ0n) is 16.2. The number of fused-ring (bicyclic) bond motifs is 1. The summed E-state index contributed by atoms with van der Waals surface area (Å²) in [7, 11) is 0. The molecule has 146 valence electrons. The van der Waals surface area contributed by atoms with Gasteiger partial charge in [0.25, 0.3) is 0 Å². The van der Waals surface area contributed by atoms with Crippen molar-refractivity contribution in [1.29, 1.82) is 0 Å². The Kier molecular flexibility index (Phi) is 3.54. The number of carbonyl (C=O) groups excluding carboxylic acids is 1. The molecule has 0 bridgehead atoms. The van der Waals surface area contributed by atoms with E-state index in [-0.39, 0.29) is 23.3 Å². The molecule has 3 saturated heterocycles. The van der Waals surface area contributed by atoms with Crippen molar-refractivity contribution < 1.29 is 4.79 Å². The Hall–Kier alpha value is -2.92. The fourth-order valence-corrected chi connectivity index (χ4v) is 6.02. The lowest BCUT2D eigenvalue weighted by Crippen LogP contribution is -2.49. The zero-order valence-corrected chi connectivity index (χ0v) is 16.2. The van der Waals surface area contributed by atoms with Crippen LogP contribution in [0.4, 0.5) is 5.69 Å². The first-order chi connectivity index (χ1) is 14.2. The highest BCUT2D eigenvalue weighted by Crippen LogP contribution is 2.56. The summed E-state index contributed by atoms with van der Waals surface area (Å²) in [6.45, 7) is 1.66. The van der Waals surface area contributed by atoms with Gasteiger partial charge in [0.2, 0.25) is 5.91 Å². The average molecular weight is 385 g/mol. The quantitative estimate of drug-likeness (QED) is 0.735. The van der Waals surface area contributed by atoms with Crippen molar-refractivity contribution in [2.45, 2.75) is 30.8 Å². The maximum Gasteiger partial charge on any atom is 0.247 e. The summed E-state index contributed by atoms with van der Waals surface area (Å²) in [5, 5.41) is 0.719. The molecule has 1 N–H and O–H groups in total. The number of aromatic amines is 1. The van der Waals surface area contributed by atoms with Gasteiger partial charge in [0.05, 0.1) is 6.04 Å². The first-order valence-corrected chi connectivity index (χ1v) is 10.4. The number of H-pyrrole nitrogens is 1. The number of anilines is 1. The highest BCUT2D eigenvalue weighted by Gasteiger charge is 2.65. The standard InChI is InChI=1S/C24H23N3O2/c28-22-14-20(25-19-10-5-4-9-18(19)22)21-13-16-15-26(17-7-2-1-3-8-17)23(29)24(16)11-6-12-27(21)24/h1-5,7-10,14,16,21H,6,11-13,15H2,(H,25,28)/t16-,21-,24-/m0/s1. The minimum absolute atomic E-state index is 0.0527. The molecule has 3 atom stereocenters. The first-order valence-electron chi connectivity index (χ1n) is 10.4. The number of aromatic nitrogens is 1. The van der Waals surface area contributed by atoms with Crippen LogP contribution in [-0.2, 0) is 4.79 Å². The fourth-order valence-electron chi connectivity index (χ4n) is 6.02. The number of rotatable bonds is 2. The summed E-state index contributed by atoms with van der Waals surface area (Å²) in [5.74, 6) is 0.523. The lowest BCUT2D eigenvalue weighted by Gasteiger charge is -2.33. The van der Waals surface area contributed by atoms with Gasteiger partial charge >= 0.3 is 0 Å². The van der Waals surface area contributed by atoms with Crippen LogP contribution in [0, 0.1) is 5.92 Å². The second-order valence-electron chi connectivity index (χ2n) is 8.56. The monoisotopic (exact) mass is 385 g/mol. The smallest absolute Gasteiger partial charge is 0.247 e. The number of nitrogens with one attached hydrogen (secondary N) is 1. The molecule has 0 saturated carbocycles. The van der Waals surface area contributed by atoms with Crippen LogP contribution >= 0.6 is 0 Å². The van der Waals surface area contributed by atoms with Gasteiger partial charge in [-0.3, -0.25) is 14.5 Å². The van der Waals surface area contributed by atoms with Crippen LogP contribution in [-0.4, -0.2) is 34.4 Å². The number of hydrogen-bond acceptors (Lipinski definition) is 3. The normalized spacial score (nSPS) is 28.8. The Balaban J connectivity index is 1.41. The number of benzene rings is 2. The van der Waals surface area contributed by atoms with Gasteiger partial charge in [-0.15, -0.1) is 0 Å². The van der Waals surface area contributed by atoms with Gasteiger partial charge < -0.3 is 9.88 Å². The first kappa shape index (κ1) is 17.0. The third kappa shape index (κ3) is 2.25. The summed E-state index contributed by atoms with van der Waals surface area (Å²) < 4.78 is 0. The average Bonchev–Trinajstić information content (AvgIpc) is 3.38. The van der Waals surface area contributed by atoms with Gasteiger partial charge in [-0.2, -0.15) is 0 Å². The fraction of sp³-hybridized carbons (Fsp3) is 0.333. The molecule has 1 spiro atoms. The maximum absolute atomic E-state index is 13.7. The summed E-state index contributed by atoms with van der Waals surface area (Å²) in [5.41, 5.74) is 2.45. The highest BCUT2D eigenvalue weighted by atomic mass is 16.2. The van der Waals surface area contributed by atoms with Crippen LogP contribution in [0.5, 0.6) is 0 Å².